The lowest BCUT2D eigenvalue weighted by molar-refractivity contribution is 0.0867. The van der Waals surface area contributed by atoms with Gasteiger partial charge in [-0.15, -0.1) is 5.10 Å². The van der Waals surface area contributed by atoms with Gasteiger partial charge in [-0.25, -0.2) is 17.8 Å². The van der Waals surface area contributed by atoms with Gasteiger partial charge in [0.05, 0.1) is 30.0 Å². The first-order valence-corrected chi connectivity index (χ1v) is 7.36. The van der Waals surface area contributed by atoms with Gasteiger partial charge in [-0.1, -0.05) is 5.21 Å². The highest BCUT2D eigenvalue weighted by Gasteiger charge is 2.13. The molecule has 0 radical (unpaired) electrons. The lowest BCUT2D eigenvalue weighted by Crippen LogP contribution is -2.20. The van der Waals surface area contributed by atoms with Crippen molar-refractivity contribution in [3.63, 3.8) is 0 Å². The van der Waals surface area contributed by atoms with E-state index in [1.165, 1.54) is 17.1 Å². The van der Waals surface area contributed by atoms with Crippen LogP contribution in [0.2, 0.25) is 0 Å². The van der Waals surface area contributed by atoms with Crippen LogP contribution in [0.1, 0.15) is 10.5 Å². The average molecular weight is 299 g/mol. The van der Waals surface area contributed by atoms with Crippen molar-refractivity contribution in [2.45, 2.75) is 13.5 Å². The van der Waals surface area contributed by atoms with Crippen LogP contribution < -0.4 is 10.5 Å². The van der Waals surface area contributed by atoms with Crippen molar-refractivity contribution >= 4 is 27.4 Å². The van der Waals surface area contributed by atoms with Gasteiger partial charge in [0.25, 0.3) is 5.91 Å². The van der Waals surface area contributed by atoms with Crippen LogP contribution in [0.3, 0.4) is 0 Å². The third-order valence-corrected chi connectivity index (χ3v) is 2.99. The van der Waals surface area contributed by atoms with Crippen molar-refractivity contribution in [2.75, 3.05) is 16.7 Å². The van der Waals surface area contributed by atoms with Crippen LogP contribution in [0, 0.1) is 6.92 Å². The zero-order valence-electron chi connectivity index (χ0n) is 10.8. The molecular formula is C9H13N7O3S. The number of aromatic nitrogens is 5. The molecule has 0 aromatic carbocycles. The van der Waals surface area contributed by atoms with Crippen LogP contribution in [0.15, 0.2) is 12.4 Å². The summed E-state index contributed by atoms with van der Waals surface area (Å²) in [4.78, 5) is 12.0. The largest absolute Gasteiger partial charge is 0.396 e. The van der Waals surface area contributed by atoms with Gasteiger partial charge in [0.2, 0.25) is 10.0 Å². The summed E-state index contributed by atoms with van der Waals surface area (Å²) in [7, 11) is -3.43. The van der Waals surface area contributed by atoms with Gasteiger partial charge in [-0.3, -0.25) is 9.52 Å². The molecule has 0 aliphatic heterocycles. The molecule has 0 fully saturated rings. The molecule has 0 aliphatic carbocycles. The number of nitrogen functional groups attached to an aromatic ring is 1. The molecule has 3 N–H and O–H groups in total. The van der Waals surface area contributed by atoms with E-state index in [2.05, 4.69) is 20.1 Å². The third kappa shape index (κ3) is 3.12. The second-order valence-corrected chi connectivity index (χ2v) is 5.91. The number of hydrogen-bond donors (Lipinski definition) is 2. The topological polar surface area (TPSA) is 138 Å². The quantitative estimate of drug-likeness (QED) is 0.744. The summed E-state index contributed by atoms with van der Waals surface area (Å²) in [6.07, 6.45) is 3.68. The van der Waals surface area contributed by atoms with Gasteiger partial charge in [0.1, 0.15) is 6.54 Å². The first-order valence-electron chi connectivity index (χ1n) is 5.47. The molecule has 0 amide bonds. The van der Waals surface area contributed by atoms with E-state index in [4.69, 9.17) is 5.73 Å². The molecule has 2 aromatic rings. The molecule has 2 aromatic heterocycles. The Labute approximate surface area is 114 Å². The number of nitrogens with one attached hydrogen (secondary N) is 1. The fraction of sp³-hybridized carbons (Fsp3) is 0.333. The minimum Gasteiger partial charge on any atom is -0.396 e. The SMILES string of the molecule is Cc1c(N)cnn1C(=O)Cn1cc(NS(C)(=O)=O)nn1. The molecule has 11 heteroatoms. The van der Waals surface area contributed by atoms with Crippen molar-refractivity contribution in [2.24, 2.45) is 0 Å². The molecule has 0 spiro atoms. The average Bonchev–Trinajstić information content (AvgIpc) is 2.86. The number of anilines is 2. The summed E-state index contributed by atoms with van der Waals surface area (Å²) in [5, 5.41) is 11.1. The normalized spacial score (nSPS) is 11.5. The van der Waals surface area contributed by atoms with E-state index in [0.29, 0.717) is 11.4 Å². The van der Waals surface area contributed by atoms with Crippen LogP contribution in [0.25, 0.3) is 0 Å². The van der Waals surface area contributed by atoms with Gasteiger partial charge in [0.15, 0.2) is 5.82 Å². The number of rotatable bonds is 4. The Morgan fingerprint density at radius 2 is 2.20 bits per heavy atom. The fourth-order valence-electron chi connectivity index (χ4n) is 1.49. The molecule has 0 saturated heterocycles. The van der Waals surface area contributed by atoms with Gasteiger partial charge >= 0.3 is 0 Å². The van der Waals surface area contributed by atoms with E-state index >= 15 is 0 Å². The molecule has 0 saturated carbocycles. The molecular weight excluding hydrogens is 286 g/mol. The number of sulfonamides is 1. The monoisotopic (exact) mass is 299 g/mol. The Kier molecular flexibility index (Phi) is 3.44. The molecule has 108 valence electrons. The molecule has 0 bridgehead atoms. The zero-order chi connectivity index (χ0) is 14.9. The second-order valence-electron chi connectivity index (χ2n) is 4.17. The van der Waals surface area contributed by atoms with Crippen molar-refractivity contribution in [3.8, 4) is 0 Å². The Hall–Kier alpha value is -2.43. The Balaban J connectivity index is 2.11. The number of hydrogen-bond acceptors (Lipinski definition) is 7. The van der Waals surface area contributed by atoms with Crippen molar-refractivity contribution in [1.29, 1.82) is 0 Å². The lowest BCUT2D eigenvalue weighted by Gasteiger charge is -2.02. The van der Waals surface area contributed by atoms with E-state index in [1.807, 2.05) is 0 Å². The maximum Gasteiger partial charge on any atom is 0.268 e. The molecule has 0 atom stereocenters. The van der Waals surface area contributed by atoms with Crippen LogP contribution in [-0.2, 0) is 16.6 Å². The van der Waals surface area contributed by atoms with Gasteiger partial charge in [-0.2, -0.15) is 5.10 Å². The Bertz CT molecular complexity index is 745. The Morgan fingerprint density at radius 3 is 2.75 bits per heavy atom. The summed E-state index contributed by atoms with van der Waals surface area (Å²) in [6, 6.07) is 0. The van der Waals surface area contributed by atoms with Crippen molar-refractivity contribution in [1.82, 2.24) is 24.8 Å². The number of carbonyl (C=O) groups excluding carboxylic acids is 1. The number of nitrogens with two attached hydrogens (primary N) is 1. The van der Waals surface area contributed by atoms with Gasteiger partial charge in [-0.05, 0) is 6.92 Å². The van der Waals surface area contributed by atoms with E-state index in [1.54, 1.807) is 6.92 Å². The van der Waals surface area contributed by atoms with E-state index in [0.717, 1.165) is 10.9 Å². The Morgan fingerprint density at radius 1 is 1.50 bits per heavy atom. The highest BCUT2D eigenvalue weighted by atomic mass is 32.2. The molecule has 2 rings (SSSR count). The summed E-state index contributed by atoms with van der Waals surface area (Å²) < 4.78 is 26.5. The summed E-state index contributed by atoms with van der Waals surface area (Å²) in [5.41, 5.74) is 6.54. The zero-order valence-corrected chi connectivity index (χ0v) is 11.6. The van der Waals surface area contributed by atoms with E-state index in [9.17, 15) is 13.2 Å². The fourth-order valence-corrected chi connectivity index (χ4v) is 1.97. The molecule has 0 aliphatic rings. The third-order valence-electron chi connectivity index (χ3n) is 2.41. The maximum atomic E-state index is 12.0. The maximum absolute atomic E-state index is 12.0. The molecule has 0 unspecified atom stereocenters. The lowest BCUT2D eigenvalue weighted by atomic mass is 10.4. The summed E-state index contributed by atoms with van der Waals surface area (Å²) >= 11 is 0. The first-order chi connectivity index (χ1) is 9.26. The van der Waals surface area contributed by atoms with E-state index in [-0.39, 0.29) is 18.3 Å². The van der Waals surface area contributed by atoms with Crippen LogP contribution >= 0.6 is 0 Å². The first kappa shape index (κ1) is 14.0. The van der Waals surface area contributed by atoms with Crippen molar-refractivity contribution in [3.05, 3.63) is 18.1 Å². The van der Waals surface area contributed by atoms with Gasteiger partial charge < -0.3 is 5.73 Å². The van der Waals surface area contributed by atoms with E-state index < -0.39 is 10.0 Å². The van der Waals surface area contributed by atoms with Crippen LogP contribution in [0.4, 0.5) is 11.5 Å². The minimum atomic E-state index is -3.43. The number of nitrogens with zero attached hydrogens (tertiary/aromatic N) is 5. The highest BCUT2D eigenvalue weighted by molar-refractivity contribution is 7.92. The van der Waals surface area contributed by atoms with Crippen LogP contribution in [0.5, 0.6) is 0 Å². The van der Waals surface area contributed by atoms with Crippen LogP contribution in [-0.4, -0.2) is 45.4 Å². The number of carbonyl (C=O) groups is 1. The van der Waals surface area contributed by atoms with Gasteiger partial charge in [0, 0.05) is 0 Å². The minimum absolute atomic E-state index is 0.0389. The smallest absolute Gasteiger partial charge is 0.268 e. The highest BCUT2D eigenvalue weighted by Crippen LogP contribution is 2.09. The van der Waals surface area contributed by atoms with Crippen molar-refractivity contribution < 1.29 is 13.2 Å². The second kappa shape index (κ2) is 4.92. The summed E-state index contributed by atoms with van der Waals surface area (Å²) in [6.45, 7) is 1.53. The standard InChI is InChI=1S/C9H13N7O3S/c1-6-7(10)3-11-16(6)9(17)5-15-4-8(12-14-15)13-20(2,18)19/h3-4,13H,5,10H2,1-2H3. The predicted molar refractivity (Wildman–Crippen MR) is 70.5 cm³/mol. The predicted octanol–water partition coefficient (Wildman–Crippen LogP) is -0.923. The summed E-state index contributed by atoms with van der Waals surface area (Å²) in [5.74, 6) is -0.327. The molecule has 10 nitrogen and oxygen atoms in total. The molecule has 2 heterocycles. The molecule has 20 heavy (non-hydrogen) atoms.